The minimum atomic E-state index is -1.33. The fourth-order valence-corrected chi connectivity index (χ4v) is 4.13. The lowest BCUT2D eigenvalue weighted by molar-refractivity contribution is 0.667. The van der Waals surface area contributed by atoms with Gasteiger partial charge in [-0.1, -0.05) is 77.3 Å². The van der Waals surface area contributed by atoms with Gasteiger partial charge in [0.25, 0.3) is 0 Å². The molecule has 0 nitrogen and oxygen atoms in total. The van der Waals surface area contributed by atoms with Crippen LogP contribution in [0.25, 0.3) is 0 Å². The van der Waals surface area contributed by atoms with E-state index in [4.69, 9.17) is 0 Å². The first-order valence-corrected chi connectivity index (χ1v) is 16.6. The Hall–Kier alpha value is -0.746. The van der Waals surface area contributed by atoms with Gasteiger partial charge >= 0.3 is 0 Å². The predicted octanol–water partition coefficient (Wildman–Crippen LogP) is 6.33. The molecule has 0 amide bonds. The Morgan fingerprint density at radius 2 is 1.48 bits per heavy atom. The van der Waals surface area contributed by atoms with Crippen molar-refractivity contribution in [3.8, 4) is 22.9 Å². The van der Waals surface area contributed by atoms with Gasteiger partial charge in [-0.3, -0.25) is 0 Å². The van der Waals surface area contributed by atoms with E-state index in [2.05, 4.69) is 75.2 Å². The molecule has 3 heteroatoms. The molecule has 0 bridgehead atoms. The number of aryl methyl sites for hydroxylation is 1. The minimum Gasteiger partial charge on any atom is -0.126 e. The highest BCUT2D eigenvalue weighted by Crippen LogP contribution is 2.23. The summed E-state index contributed by atoms with van der Waals surface area (Å²) in [6.45, 7) is 16.1. The molecule has 0 saturated carbocycles. The third-order valence-electron chi connectivity index (χ3n) is 3.22. The molecule has 0 atom stereocenters. The van der Waals surface area contributed by atoms with Crippen LogP contribution in [0.2, 0.25) is 39.3 Å². The van der Waals surface area contributed by atoms with Gasteiger partial charge < -0.3 is 0 Å². The van der Waals surface area contributed by atoms with E-state index in [1.807, 2.05) is 0 Å². The summed E-state index contributed by atoms with van der Waals surface area (Å²) >= 11 is 1.80. The topological polar surface area (TPSA) is 0 Å². The maximum atomic E-state index is 3.53. The van der Waals surface area contributed by atoms with E-state index in [0.717, 1.165) is 6.42 Å². The summed E-state index contributed by atoms with van der Waals surface area (Å²) in [4.78, 5) is 2.47. The Labute approximate surface area is 150 Å². The van der Waals surface area contributed by atoms with Gasteiger partial charge in [-0.15, -0.1) is 22.4 Å². The molecule has 0 radical (unpaired) electrons. The molecule has 1 rings (SSSR count). The highest BCUT2D eigenvalue weighted by Gasteiger charge is 2.11. The van der Waals surface area contributed by atoms with Crippen LogP contribution in [0.4, 0.5) is 0 Å². The van der Waals surface area contributed by atoms with Crippen molar-refractivity contribution in [1.82, 2.24) is 0 Å². The average molecular weight is 361 g/mol. The summed E-state index contributed by atoms with van der Waals surface area (Å²) in [5.41, 5.74) is 8.44. The Morgan fingerprint density at radius 1 is 0.870 bits per heavy atom. The monoisotopic (exact) mass is 360 g/mol. The molecule has 0 aliphatic heterocycles. The molecule has 0 N–H and O–H groups in total. The number of rotatable bonds is 5. The summed E-state index contributed by atoms with van der Waals surface area (Å²) in [6, 6.07) is 2.30. The molecule has 0 fully saturated rings. The van der Waals surface area contributed by atoms with Crippen molar-refractivity contribution >= 4 is 27.5 Å². The first kappa shape index (κ1) is 20.3. The van der Waals surface area contributed by atoms with Crippen molar-refractivity contribution in [2.24, 2.45) is 0 Å². The van der Waals surface area contributed by atoms with Gasteiger partial charge in [0.1, 0.15) is 16.1 Å². The summed E-state index contributed by atoms with van der Waals surface area (Å²) in [5, 5.41) is 0. The van der Waals surface area contributed by atoms with Crippen LogP contribution in [0.15, 0.2) is 6.07 Å². The zero-order valence-electron chi connectivity index (χ0n) is 16.0. The van der Waals surface area contributed by atoms with Crippen LogP contribution in [0.5, 0.6) is 0 Å². The first-order valence-electron chi connectivity index (χ1n) is 8.80. The van der Waals surface area contributed by atoms with Crippen LogP contribution in [-0.2, 0) is 6.42 Å². The fraction of sp³-hybridized carbons (Fsp3) is 0.600. The van der Waals surface area contributed by atoms with Gasteiger partial charge in [0.2, 0.25) is 0 Å². The molecule has 23 heavy (non-hydrogen) atoms. The third-order valence-corrected chi connectivity index (χ3v) is 5.98. The van der Waals surface area contributed by atoms with Crippen molar-refractivity contribution in [2.45, 2.75) is 78.3 Å². The second-order valence-corrected chi connectivity index (χ2v) is 18.8. The Balaban J connectivity index is 3.00. The van der Waals surface area contributed by atoms with Crippen LogP contribution in [0, 0.1) is 22.9 Å². The van der Waals surface area contributed by atoms with E-state index in [9.17, 15) is 0 Å². The van der Waals surface area contributed by atoms with Crippen molar-refractivity contribution in [3.05, 3.63) is 21.4 Å². The highest BCUT2D eigenvalue weighted by atomic mass is 32.1. The van der Waals surface area contributed by atoms with E-state index < -0.39 is 16.1 Å². The van der Waals surface area contributed by atoms with Gasteiger partial charge in [-0.05, 0) is 24.5 Å². The van der Waals surface area contributed by atoms with Gasteiger partial charge in [0, 0.05) is 0 Å². The molecule has 0 unspecified atom stereocenters. The summed E-state index contributed by atoms with van der Waals surface area (Å²) in [7, 11) is -2.65. The number of unbranched alkanes of at least 4 members (excludes halogenated alkanes) is 3. The predicted molar refractivity (Wildman–Crippen MR) is 113 cm³/mol. The zero-order valence-corrected chi connectivity index (χ0v) is 18.8. The van der Waals surface area contributed by atoms with E-state index >= 15 is 0 Å². The molecule has 1 heterocycles. The third kappa shape index (κ3) is 9.21. The Bertz CT molecular complexity index is 619. The Morgan fingerprint density at radius 3 is 2.04 bits per heavy atom. The van der Waals surface area contributed by atoms with Gasteiger partial charge in [0.05, 0.1) is 9.75 Å². The molecule has 0 spiro atoms. The largest absolute Gasteiger partial charge is 0.129 e. The summed E-state index contributed by atoms with van der Waals surface area (Å²) in [5.74, 6) is 6.90. The lowest BCUT2D eigenvalue weighted by Gasteiger charge is -2.03. The first-order chi connectivity index (χ1) is 10.6. The minimum absolute atomic E-state index is 1.15. The second kappa shape index (κ2) is 8.93. The lowest BCUT2D eigenvalue weighted by Crippen LogP contribution is -2.16. The average Bonchev–Trinajstić information content (AvgIpc) is 2.80. The van der Waals surface area contributed by atoms with E-state index in [1.54, 1.807) is 11.3 Å². The smallest absolute Gasteiger partial charge is 0.126 e. The summed E-state index contributed by atoms with van der Waals surface area (Å²) < 4.78 is 0. The molecular formula is C20H32SSi2. The van der Waals surface area contributed by atoms with Crippen LogP contribution >= 0.6 is 11.3 Å². The maximum absolute atomic E-state index is 3.53. The highest BCUT2D eigenvalue weighted by molar-refractivity contribution is 7.13. The van der Waals surface area contributed by atoms with Crippen LogP contribution in [-0.4, -0.2) is 16.1 Å². The molecule has 1 aromatic heterocycles. The van der Waals surface area contributed by atoms with Gasteiger partial charge in [-0.25, -0.2) is 0 Å². The summed E-state index contributed by atoms with van der Waals surface area (Å²) in [6.07, 6.45) is 6.37. The normalized spacial score (nSPS) is 11.4. The van der Waals surface area contributed by atoms with E-state index in [-0.39, 0.29) is 0 Å². The zero-order chi connectivity index (χ0) is 17.5. The molecule has 0 aliphatic carbocycles. The number of hydrogen-bond acceptors (Lipinski definition) is 1. The lowest BCUT2D eigenvalue weighted by atomic mass is 10.1. The van der Waals surface area contributed by atoms with Crippen LogP contribution < -0.4 is 0 Å². The van der Waals surface area contributed by atoms with Crippen molar-refractivity contribution in [1.29, 1.82) is 0 Å². The van der Waals surface area contributed by atoms with Gasteiger partial charge in [-0.2, -0.15) is 0 Å². The van der Waals surface area contributed by atoms with Crippen LogP contribution in [0.3, 0.4) is 0 Å². The fourth-order valence-electron chi connectivity index (χ4n) is 2.02. The molecule has 1 aromatic rings. The quantitative estimate of drug-likeness (QED) is 0.327. The second-order valence-electron chi connectivity index (χ2n) is 8.28. The molecule has 126 valence electrons. The Kier molecular flexibility index (Phi) is 7.88. The van der Waals surface area contributed by atoms with Crippen LogP contribution in [0.1, 0.15) is 47.9 Å². The number of hydrogen-bond donors (Lipinski definition) is 0. The van der Waals surface area contributed by atoms with E-state index in [0.29, 0.717) is 0 Å². The number of thiophene rings is 1. The van der Waals surface area contributed by atoms with E-state index in [1.165, 1.54) is 41.0 Å². The van der Waals surface area contributed by atoms with Crippen molar-refractivity contribution in [3.63, 3.8) is 0 Å². The molecule has 0 aromatic carbocycles. The van der Waals surface area contributed by atoms with Crippen molar-refractivity contribution < 1.29 is 0 Å². The van der Waals surface area contributed by atoms with Gasteiger partial charge in [0.15, 0.2) is 0 Å². The molecular weight excluding hydrogens is 328 g/mol. The molecule has 0 saturated heterocycles. The van der Waals surface area contributed by atoms with Crippen molar-refractivity contribution in [2.75, 3.05) is 0 Å². The molecule has 0 aliphatic rings. The standard InChI is InChI=1S/C20H32SSi2/c1-8-9-10-11-12-18-17-19(13-15-22(2,3)4)21-20(18)14-16-23(5,6)7/h17H,8-12H2,1-7H3. The SMILES string of the molecule is CCCCCCc1cc(C#C[Si](C)(C)C)sc1C#C[Si](C)(C)C. The maximum Gasteiger partial charge on any atom is 0.129 e.